The molecule has 0 aromatic heterocycles. The number of carbonyl (C=O) groups excluding carboxylic acids is 2. The van der Waals surface area contributed by atoms with E-state index in [4.69, 9.17) is 23.2 Å². The van der Waals surface area contributed by atoms with Gasteiger partial charge in [0.05, 0.1) is 15.7 Å². The Balaban J connectivity index is 1.77. The van der Waals surface area contributed by atoms with Gasteiger partial charge in [-0.1, -0.05) is 35.3 Å². The molecule has 1 saturated carbocycles. The molecular formula is C19H18Cl2N2O2. The lowest BCUT2D eigenvalue weighted by atomic mass is 10.0. The Hall–Kier alpha value is -2.04. The summed E-state index contributed by atoms with van der Waals surface area (Å²) in [4.78, 5) is 25.4. The van der Waals surface area contributed by atoms with E-state index >= 15 is 0 Å². The average Bonchev–Trinajstić information content (AvgIpc) is 3.31. The van der Waals surface area contributed by atoms with Crippen LogP contribution in [-0.4, -0.2) is 11.8 Å². The van der Waals surface area contributed by atoms with Crippen LogP contribution >= 0.6 is 23.2 Å². The smallest absolute Gasteiger partial charge is 0.240 e. The molecule has 0 atom stereocenters. The van der Waals surface area contributed by atoms with Crippen LogP contribution in [0.5, 0.6) is 0 Å². The van der Waals surface area contributed by atoms with Gasteiger partial charge in [-0.3, -0.25) is 9.59 Å². The van der Waals surface area contributed by atoms with Crippen LogP contribution in [0.3, 0.4) is 0 Å². The lowest BCUT2D eigenvalue weighted by molar-refractivity contribution is -0.131. The van der Waals surface area contributed by atoms with E-state index in [1.54, 1.807) is 18.2 Å². The number of hydrogen-bond donors (Lipinski definition) is 2. The number of aryl methyl sites for hydroxylation is 2. The molecule has 3 rings (SSSR count). The molecule has 0 heterocycles. The number of nitrogens with one attached hydrogen (secondary N) is 2. The fourth-order valence-corrected chi connectivity index (χ4v) is 3.32. The zero-order chi connectivity index (χ0) is 18.2. The van der Waals surface area contributed by atoms with Crippen molar-refractivity contribution in [3.8, 4) is 0 Å². The minimum Gasteiger partial charge on any atom is -0.325 e. The van der Waals surface area contributed by atoms with Crippen LogP contribution in [0.2, 0.25) is 10.0 Å². The van der Waals surface area contributed by atoms with Gasteiger partial charge in [-0.05, 0) is 62.1 Å². The van der Waals surface area contributed by atoms with Crippen LogP contribution in [0.25, 0.3) is 0 Å². The van der Waals surface area contributed by atoms with Gasteiger partial charge < -0.3 is 10.6 Å². The molecule has 1 aliphatic carbocycles. The number of benzene rings is 2. The van der Waals surface area contributed by atoms with Gasteiger partial charge in [0.25, 0.3) is 0 Å². The molecule has 6 heteroatoms. The van der Waals surface area contributed by atoms with Crippen molar-refractivity contribution in [2.45, 2.75) is 26.7 Å². The lowest BCUT2D eigenvalue weighted by Gasteiger charge is -2.17. The molecular weight excluding hydrogens is 359 g/mol. The number of halogens is 2. The summed E-state index contributed by atoms with van der Waals surface area (Å²) in [6.07, 6.45) is 0.995. The van der Waals surface area contributed by atoms with Gasteiger partial charge in [0.15, 0.2) is 0 Å². The van der Waals surface area contributed by atoms with Gasteiger partial charge in [0, 0.05) is 5.69 Å². The molecule has 0 aliphatic heterocycles. The first-order valence-electron chi connectivity index (χ1n) is 7.97. The third-order valence-electron chi connectivity index (χ3n) is 4.30. The molecule has 1 fully saturated rings. The SMILES string of the molecule is Cc1cc(C)cc(NC(=O)C2(C(=O)Nc3c(Cl)cccc3Cl)CC2)c1. The third kappa shape index (κ3) is 3.65. The Kier molecular flexibility index (Phi) is 4.76. The van der Waals surface area contributed by atoms with E-state index in [2.05, 4.69) is 10.6 Å². The zero-order valence-electron chi connectivity index (χ0n) is 14.0. The molecule has 0 unspecified atom stereocenters. The number of rotatable bonds is 4. The van der Waals surface area contributed by atoms with E-state index in [1.807, 2.05) is 32.0 Å². The molecule has 2 amide bonds. The fourth-order valence-electron chi connectivity index (χ4n) is 2.83. The quantitative estimate of drug-likeness (QED) is 0.740. The molecule has 1 aliphatic rings. The molecule has 0 spiro atoms. The standard InChI is InChI=1S/C19H18Cl2N2O2/c1-11-8-12(2)10-13(9-11)22-17(24)19(6-7-19)18(25)23-16-14(20)4-3-5-15(16)21/h3-5,8-10H,6-7H2,1-2H3,(H,22,24)(H,23,25). The van der Waals surface area contributed by atoms with Crippen molar-refractivity contribution in [1.82, 2.24) is 0 Å². The van der Waals surface area contributed by atoms with Gasteiger partial charge in [-0.15, -0.1) is 0 Å². The van der Waals surface area contributed by atoms with Crippen molar-refractivity contribution < 1.29 is 9.59 Å². The Bertz CT molecular complexity index is 820. The van der Waals surface area contributed by atoms with Crippen LogP contribution < -0.4 is 10.6 Å². The summed E-state index contributed by atoms with van der Waals surface area (Å²) in [6.45, 7) is 3.92. The lowest BCUT2D eigenvalue weighted by Crippen LogP contribution is -2.35. The van der Waals surface area contributed by atoms with Crippen molar-refractivity contribution in [3.63, 3.8) is 0 Å². The van der Waals surface area contributed by atoms with Crippen molar-refractivity contribution in [3.05, 3.63) is 57.6 Å². The molecule has 25 heavy (non-hydrogen) atoms. The maximum atomic E-state index is 12.7. The number of hydrogen-bond acceptors (Lipinski definition) is 2. The maximum absolute atomic E-state index is 12.7. The summed E-state index contributed by atoms with van der Waals surface area (Å²) in [6, 6.07) is 10.7. The fraction of sp³-hybridized carbons (Fsp3) is 0.263. The van der Waals surface area contributed by atoms with Crippen LogP contribution in [0.15, 0.2) is 36.4 Å². The minimum atomic E-state index is -1.07. The highest BCUT2D eigenvalue weighted by atomic mass is 35.5. The molecule has 0 bridgehead atoms. The van der Waals surface area contributed by atoms with Crippen LogP contribution in [0, 0.1) is 19.3 Å². The number of anilines is 2. The highest BCUT2D eigenvalue weighted by Gasteiger charge is 2.56. The van der Waals surface area contributed by atoms with Crippen molar-refractivity contribution in [2.75, 3.05) is 10.6 Å². The molecule has 2 N–H and O–H groups in total. The Morgan fingerprint density at radius 1 is 0.920 bits per heavy atom. The van der Waals surface area contributed by atoms with E-state index in [1.165, 1.54) is 0 Å². The van der Waals surface area contributed by atoms with Gasteiger partial charge in [0.1, 0.15) is 5.41 Å². The molecule has 4 nitrogen and oxygen atoms in total. The maximum Gasteiger partial charge on any atom is 0.240 e. The predicted molar refractivity (Wildman–Crippen MR) is 101 cm³/mol. The molecule has 0 radical (unpaired) electrons. The molecule has 130 valence electrons. The monoisotopic (exact) mass is 376 g/mol. The Labute approximate surface area is 156 Å². The second-order valence-corrected chi connectivity index (χ2v) is 7.28. The number of amides is 2. The van der Waals surface area contributed by atoms with E-state index in [-0.39, 0.29) is 11.8 Å². The highest BCUT2D eigenvalue weighted by Crippen LogP contribution is 2.48. The summed E-state index contributed by atoms with van der Waals surface area (Å²) in [5, 5.41) is 6.24. The van der Waals surface area contributed by atoms with Crippen molar-refractivity contribution >= 4 is 46.4 Å². The van der Waals surface area contributed by atoms with Crippen molar-refractivity contribution in [1.29, 1.82) is 0 Å². The number of carbonyl (C=O) groups is 2. The first-order valence-corrected chi connectivity index (χ1v) is 8.73. The zero-order valence-corrected chi connectivity index (χ0v) is 15.5. The molecule has 2 aromatic carbocycles. The summed E-state index contributed by atoms with van der Waals surface area (Å²) in [5.74, 6) is -0.692. The average molecular weight is 377 g/mol. The summed E-state index contributed by atoms with van der Waals surface area (Å²) < 4.78 is 0. The summed E-state index contributed by atoms with van der Waals surface area (Å²) in [5.41, 5.74) is 2.05. The highest BCUT2D eigenvalue weighted by molar-refractivity contribution is 6.40. The van der Waals surface area contributed by atoms with Crippen LogP contribution in [-0.2, 0) is 9.59 Å². The van der Waals surface area contributed by atoms with E-state index < -0.39 is 5.41 Å². The van der Waals surface area contributed by atoms with Crippen LogP contribution in [0.1, 0.15) is 24.0 Å². The number of para-hydroxylation sites is 1. The molecule has 2 aromatic rings. The van der Waals surface area contributed by atoms with E-state index in [9.17, 15) is 9.59 Å². The van der Waals surface area contributed by atoms with Crippen LogP contribution in [0.4, 0.5) is 11.4 Å². The normalized spacial score (nSPS) is 14.7. The third-order valence-corrected chi connectivity index (χ3v) is 4.93. The van der Waals surface area contributed by atoms with E-state index in [0.717, 1.165) is 11.1 Å². The first kappa shape index (κ1) is 17.8. The van der Waals surface area contributed by atoms with Gasteiger partial charge >= 0.3 is 0 Å². The topological polar surface area (TPSA) is 58.2 Å². The largest absolute Gasteiger partial charge is 0.325 e. The minimum absolute atomic E-state index is 0.307. The predicted octanol–water partition coefficient (Wildman–Crippen LogP) is 4.97. The Morgan fingerprint density at radius 3 is 1.96 bits per heavy atom. The van der Waals surface area contributed by atoms with E-state index in [0.29, 0.717) is 34.3 Å². The molecule has 0 saturated heterocycles. The van der Waals surface area contributed by atoms with Crippen molar-refractivity contribution in [2.24, 2.45) is 5.41 Å². The Morgan fingerprint density at radius 2 is 1.44 bits per heavy atom. The summed E-state index contributed by atoms with van der Waals surface area (Å²) in [7, 11) is 0. The summed E-state index contributed by atoms with van der Waals surface area (Å²) >= 11 is 12.2. The van der Waals surface area contributed by atoms with Gasteiger partial charge in [0.2, 0.25) is 11.8 Å². The van der Waals surface area contributed by atoms with Gasteiger partial charge in [-0.25, -0.2) is 0 Å². The second-order valence-electron chi connectivity index (χ2n) is 6.46. The first-order chi connectivity index (χ1) is 11.8. The van der Waals surface area contributed by atoms with Gasteiger partial charge in [-0.2, -0.15) is 0 Å². The second kappa shape index (κ2) is 6.70.